The van der Waals surface area contributed by atoms with Crippen molar-refractivity contribution in [1.82, 2.24) is 4.57 Å². The monoisotopic (exact) mass is 509 g/mol. The predicted molar refractivity (Wildman–Crippen MR) is 133 cm³/mol. The lowest BCUT2D eigenvalue weighted by Crippen LogP contribution is -2.27. The summed E-state index contributed by atoms with van der Waals surface area (Å²) >= 11 is 0. The molecule has 0 radical (unpaired) electrons. The quantitative estimate of drug-likeness (QED) is 0.280. The van der Waals surface area contributed by atoms with Crippen LogP contribution in [0.5, 0.6) is 0 Å². The number of amides is 2. The Bertz CT molecular complexity index is 1450. The number of hydrogen-bond acceptors (Lipinski definition) is 2. The molecule has 1 aromatic heterocycles. The molecule has 3 aromatic carbocycles. The molecular formula is C28H23F4N3O2. The number of nitrogens with one attached hydrogen (secondary N) is 2. The summed E-state index contributed by atoms with van der Waals surface area (Å²) in [7, 11) is 0. The largest absolute Gasteiger partial charge is 0.416 e. The van der Waals surface area contributed by atoms with Crippen LogP contribution in [0.4, 0.5) is 28.9 Å². The number of benzene rings is 3. The first kappa shape index (κ1) is 24.5. The number of anilines is 2. The van der Waals surface area contributed by atoms with Crippen LogP contribution in [-0.2, 0) is 17.5 Å². The lowest BCUT2D eigenvalue weighted by Gasteiger charge is -2.24. The summed E-state index contributed by atoms with van der Waals surface area (Å²) in [6, 6.07) is 17.1. The number of fused-ring (bicyclic) bond motifs is 1. The van der Waals surface area contributed by atoms with E-state index in [1.54, 1.807) is 41.0 Å². The maximum absolute atomic E-state index is 13.4. The summed E-state index contributed by atoms with van der Waals surface area (Å²) in [6.07, 6.45) is -1.69. The van der Waals surface area contributed by atoms with Crippen LogP contribution < -0.4 is 10.6 Å². The molecular weight excluding hydrogens is 486 g/mol. The fraction of sp³-hybridized carbons (Fsp3) is 0.214. The van der Waals surface area contributed by atoms with Crippen LogP contribution in [0.15, 0.2) is 72.8 Å². The van der Waals surface area contributed by atoms with Crippen molar-refractivity contribution in [2.45, 2.75) is 32.0 Å². The Morgan fingerprint density at radius 1 is 0.865 bits per heavy atom. The summed E-state index contributed by atoms with van der Waals surface area (Å²) in [6.45, 7) is 0.257. The Morgan fingerprint density at radius 2 is 1.54 bits per heavy atom. The number of alkyl halides is 3. The predicted octanol–water partition coefficient (Wildman–Crippen LogP) is 6.84. The minimum Gasteiger partial charge on any atom is -0.332 e. The molecule has 0 aliphatic heterocycles. The maximum atomic E-state index is 13.4. The van der Waals surface area contributed by atoms with E-state index in [4.69, 9.17) is 0 Å². The molecule has 5 rings (SSSR count). The van der Waals surface area contributed by atoms with Gasteiger partial charge in [0, 0.05) is 34.7 Å². The molecule has 1 fully saturated rings. The molecule has 2 N–H and O–H groups in total. The van der Waals surface area contributed by atoms with Crippen LogP contribution in [0.1, 0.15) is 40.9 Å². The molecule has 1 aliphatic rings. The SMILES string of the molecule is O=C(Nc1ccc(C(F)(F)F)cc1)c1cc2cc(NC(=O)C3CCC3)ccc2n1Cc1ccc(F)cc1. The van der Waals surface area contributed by atoms with E-state index in [-0.39, 0.29) is 35.6 Å². The fourth-order valence-electron chi connectivity index (χ4n) is 4.33. The Kier molecular flexibility index (Phi) is 6.45. The lowest BCUT2D eigenvalue weighted by molar-refractivity contribution is -0.137. The molecule has 0 saturated heterocycles. The van der Waals surface area contributed by atoms with Gasteiger partial charge < -0.3 is 15.2 Å². The van der Waals surface area contributed by atoms with Gasteiger partial charge in [-0.25, -0.2) is 4.39 Å². The molecule has 0 atom stereocenters. The van der Waals surface area contributed by atoms with Crippen molar-refractivity contribution in [3.8, 4) is 0 Å². The molecule has 0 spiro atoms. The number of aromatic nitrogens is 1. The van der Waals surface area contributed by atoms with Crippen LogP contribution in [0.3, 0.4) is 0 Å². The second-order valence-electron chi connectivity index (χ2n) is 9.16. The fourth-order valence-corrected chi connectivity index (χ4v) is 4.33. The first-order chi connectivity index (χ1) is 17.7. The molecule has 2 amide bonds. The van der Waals surface area contributed by atoms with Crippen LogP contribution in [-0.4, -0.2) is 16.4 Å². The third-order valence-electron chi connectivity index (χ3n) is 6.60. The van der Waals surface area contributed by atoms with Crippen LogP contribution >= 0.6 is 0 Å². The highest BCUT2D eigenvalue weighted by Crippen LogP contribution is 2.31. The third kappa shape index (κ3) is 5.35. The summed E-state index contributed by atoms with van der Waals surface area (Å²) in [4.78, 5) is 25.6. The first-order valence-corrected chi connectivity index (χ1v) is 11.8. The standard InChI is InChI=1S/C28H23F4N3O2/c29-21-8-4-17(5-9-21)16-35-24-13-12-23(34-26(36)18-2-1-3-18)14-19(24)15-25(35)27(37)33-22-10-6-20(7-11-22)28(30,31)32/h4-15,18H,1-3,16H2,(H,33,37)(H,34,36). The van der Waals surface area contributed by atoms with E-state index in [0.29, 0.717) is 16.6 Å². The molecule has 9 heteroatoms. The Balaban J connectivity index is 1.46. The highest BCUT2D eigenvalue weighted by molar-refractivity contribution is 6.07. The Labute approximate surface area is 210 Å². The Hall–Kier alpha value is -4.14. The molecule has 0 bridgehead atoms. The molecule has 190 valence electrons. The van der Waals surface area contributed by atoms with Crippen LogP contribution in [0, 0.1) is 11.7 Å². The molecule has 4 aromatic rings. The summed E-state index contributed by atoms with van der Waals surface area (Å²) in [5.41, 5.74) is 1.74. The topological polar surface area (TPSA) is 63.1 Å². The van der Waals surface area contributed by atoms with Gasteiger partial charge in [-0.05, 0) is 79.1 Å². The van der Waals surface area contributed by atoms with Gasteiger partial charge in [0.05, 0.1) is 5.56 Å². The van der Waals surface area contributed by atoms with E-state index in [1.165, 1.54) is 24.3 Å². The zero-order valence-corrected chi connectivity index (χ0v) is 19.6. The number of nitrogens with zero attached hydrogens (tertiary/aromatic N) is 1. The van der Waals surface area contributed by atoms with Crippen molar-refractivity contribution in [1.29, 1.82) is 0 Å². The van der Waals surface area contributed by atoms with E-state index in [2.05, 4.69) is 10.6 Å². The van der Waals surface area contributed by atoms with E-state index >= 15 is 0 Å². The van der Waals surface area contributed by atoms with Gasteiger partial charge in [-0.15, -0.1) is 0 Å². The molecule has 1 saturated carbocycles. The van der Waals surface area contributed by atoms with Crippen molar-refractivity contribution < 1.29 is 27.2 Å². The van der Waals surface area contributed by atoms with Gasteiger partial charge in [0.15, 0.2) is 0 Å². The molecule has 1 heterocycles. The van der Waals surface area contributed by atoms with Gasteiger partial charge in [0.2, 0.25) is 5.91 Å². The van der Waals surface area contributed by atoms with Gasteiger partial charge in [0.25, 0.3) is 5.91 Å². The van der Waals surface area contributed by atoms with Gasteiger partial charge in [-0.3, -0.25) is 9.59 Å². The number of rotatable bonds is 6. The second kappa shape index (κ2) is 9.72. The van der Waals surface area contributed by atoms with Gasteiger partial charge in [0.1, 0.15) is 11.5 Å². The Morgan fingerprint density at radius 3 is 2.16 bits per heavy atom. The van der Waals surface area contributed by atoms with E-state index in [1.807, 2.05) is 0 Å². The number of hydrogen-bond donors (Lipinski definition) is 2. The third-order valence-corrected chi connectivity index (χ3v) is 6.60. The molecule has 1 aliphatic carbocycles. The first-order valence-electron chi connectivity index (χ1n) is 11.8. The maximum Gasteiger partial charge on any atom is 0.416 e. The minimum atomic E-state index is -4.48. The van der Waals surface area contributed by atoms with Crippen molar-refractivity contribution >= 4 is 34.1 Å². The minimum absolute atomic E-state index is 0.0174. The number of halogens is 4. The number of carbonyl (C=O) groups excluding carboxylic acids is 2. The van der Waals surface area contributed by atoms with Crippen molar-refractivity contribution in [3.63, 3.8) is 0 Å². The smallest absolute Gasteiger partial charge is 0.332 e. The lowest BCUT2D eigenvalue weighted by atomic mass is 9.85. The average Bonchev–Trinajstić information content (AvgIpc) is 3.17. The normalized spacial score (nSPS) is 13.8. The zero-order chi connectivity index (χ0) is 26.2. The summed E-state index contributed by atoms with van der Waals surface area (Å²) in [5, 5.41) is 6.28. The summed E-state index contributed by atoms with van der Waals surface area (Å²) in [5.74, 6) is -0.910. The average molecular weight is 510 g/mol. The van der Waals surface area contributed by atoms with Gasteiger partial charge in [-0.1, -0.05) is 18.6 Å². The van der Waals surface area contributed by atoms with Gasteiger partial charge >= 0.3 is 6.18 Å². The van der Waals surface area contributed by atoms with Crippen LogP contribution in [0.25, 0.3) is 10.9 Å². The highest BCUT2D eigenvalue weighted by atomic mass is 19.4. The van der Waals surface area contributed by atoms with E-state index in [9.17, 15) is 27.2 Å². The van der Waals surface area contributed by atoms with Crippen molar-refractivity contribution in [3.05, 3.63) is 95.4 Å². The van der Waals surface area contributed by atoms with Gasteiger partial charge in [-0.2, -0.15) is 13.2 Å². The van der Waals surface area contributed by atoms with Crippen LogP contribution in [0.2, 0.25) is 0 Å². The second-order valence-corrected chi connectivity index (χ2v) is 9.16. The molecule has 5 nitrogen and oxygen atoms in total. The summed E-state index contributed by atoms with van der Waals surface area (Å²) < 4.78 is 53.8. The highest BCUT2D eigenvalue weighted by Gasteiger charge is 2.30. The van der Waals surface area contributed by atoms with Crippen molar-refractivity contribution in [2.24, 2.45) is 5.92 Å². The zero-order valence-electron chi connectivity index (χ0n) is 19.6. The number of carbonyl (C=O) groups is 2. The molecule has 37 heavy (non-hydrogen) atoms. The molecule has 0 unspecified atom stereocenters. The van der Waals surface area contributed by atoms with Crippen molar-refractivity contribution in [2.75, 3.05) is 10.6 Å². The van der Waals surface area contributed by atoms with E-state index in [0.717, 1.165) is 37.0 Å². The van der Waals surface area contributed by atoms with E-state index < -0.39 is 17.6 Å².